The normalized spacial score (nSPS) is 14.0. The van der Waals surface area contributed by atoms with E-state index in [-0.39, 0.29) is 29.1 Å². The molecule has 0 saturated carbocycles. The van der Waals surface area contributed by atoms with Gasteiger partial charge in [-0.15, -0.1) is 0 Å². The first kappa shape index (κ1) is 23.9. The molecule has 35 heavy (non-hydrogen) atoms. The zero-order valence-electron chi connectivity index (χ0n) is 20.2. The summed E-state index contributed by atoms with van der Waals surface area (Å²) in [6.07, 6.45) is 5.22. The molecule has 0 N–H and O–H groups in total. The van der Waals surface area contributed by atoms with Crippen LogP contribution in [-0.4, -0.2) is 41.4 Å². The van der Waals surface area contributed by atoms with E-state index < -0.39 is 5.97 Å². The first-order chi connectivity index (χ1) is 16.9. The minimum Gasteiger partial charge on any atom is -0.497 e. The van der Waals surface area contributed by atoms with Gasteiger partial charge in [-0.25, -0.2) is 9.78 Å². The van der Waals surface area contributed by atoms with Crippen molar-refractivity contribution in [3.63, 3.8) is 0 Å². The SMILES string of the molecule is CCCN1/C(=C\C(=O)c2cccc(OC)c2)C(C(=O)OCC)=Cc2c1nc1c(C)cccn1c2=O. The molecule has 0 radical (unpaired) electrons. The Kier molecular flexibility index (Phi) is 6.82. The van der Waals surface area contributed by atoms with Crippen LogP contribution in [0.5, 0.6) is 5.75 Å². The number of hydrogen-bond donors (Lipinski definition) is 0. The number of aryl methyl sites for hydroxylation is 1. The highest BCUT2D eigenvalue weighted by molar-refractivity contribution is 6.10. The highest BCUT2D eigenvalue weighted by atomic mass is 16.5. The number of allylic oxidation sites excluding steroid dienone is 1. The number of benzene rings is 1. The van der Waals surface area contributed by atoms with Crippen LogP contribution in [0.3, 0.4) is 0 Å². The molecule has 0 unspecified atom stereocenters. The quantitative estimate of drug-likeness (QED) is 0.292. The van der Waals surface area contributed by atoms with Crippen LogP contribution in [0.15, 0.2) is 64.7 Å². The van der Waals surface area contributed by atoms with Crippen molar-refractivity contribution < 1.29 is 19.1 Å². The molecule has 8 nitrogen and oxygen atoms in total. The maximum Gasteiger partial charge on any atom is 0.340 e. The number of ketones is 1. The third-order valence-electron chi connectivity index (χ3n) is 5.74. The number of hydrogen-bond acceptors (Lipinski definition) is 7. The molecule has 1 aromatic carbocycles. The van der Waals surface area contributed by atoms with Crippen molar-refractivity contribution in [2.75, 3.05) is 25.2 Å². The topological polar surface area (TPSA) is 90.2 Å². The number of methoxy groups -OCH3 is 1. The Hall–Kier alpha value is -4.20. The molecule has 3 aromatic rings. The predicted molar refractivity (Wildman–Crippen MR) is 134 cm³/mol. The fourth-order valence-corrected chi connectivity index (χ4v) is 4.07. The standard InChI is InChI=1S/C27H27N3O5/c1-5-12-29-22(16-23(31)18-10-7-11-19(14-18)34-4)20(27(33)35-6-2)15-21-25(29)28-24-17(3)9-8-13-30(24)26(21)32/h7-11,13-16H,5-6,12H2,1-4H3/b22-16-. The summed E-state index contributed by atoms with van der Waals surface area (Å²) in [5.41, 5.74) is 2.21. The number of carbonyl (C=O) groups is 2. The number of rotatable bonds is 7. The number of fused-ring (bicyclic) bond motifs is 2. The maximum absolute atomic E-state index is 13.4. The molecule has 0 spiro atoms. The number of nitrogens with zero attached hydrogens (tertiary/aromatic N) is 3. The second kappa shape index (κ2) is 9.97. The largest absolute Gasteiger partial charge is 0.497 e. The van der Waals surface area contributed by atoms with Gasteiger partial charge in [0.1, 0.15) is 17.2 Å². The molecule has 8 heteroatoms. The Balaban J connectivity index is 1.97. The molecular formula is C27H27N3O5. The molecule has 0 amide bonds. The molecule has 1 aliphatic heterocycles. The van der Waals surface area contributed by atoms with Gasteiger partial charge in [0.2, 0.25) is 0 Å². The summed E-state index contributed by atoms with van der Waals surface area (Å²) in [5, 5.41) is 0. The van der Waals surface area contributed by atoms with E-state index in [0.29, 0.717) is 41.4 Å². The third-order valence-corrected chi connectivity index (χ3v) is 5.74. The van der Waals surface area contributed by atoms with Crippen molar-refractivity contribution in [1.82, 2.24) is 9.38 Å². The molecule has 0 aliphatic carbocycles. The van der Waals surface area contributed by atoms with Crippen molar-refractivity contribution in [2.24, 2.45) is 0 Å². The summed E-state index contributed by atoms with van der Waals surface area (Å²) >= 11 is 0. The van der Waals surface area contributed by atoms with Crippen LogP contribution in [0.1, 0.15) is 41.8 Å². The number of carbonyl (C=O) groups excluding carboxylic acids is 2. The van der Waals surface area contributed by atoms with Gasteiger partial charge in [0.25, 0.3) is 5.56 Å². The molecule has 4 rings (SSSR count). The highest BCUT2D eigenvalue weighted by Crippen LogP contribution is 2.34. The minimum atomic E-state index is -0.613. The lowest BCUT2D eigenvalue weighted by Gasteiger charge is -2.32. The molecule has 2 aromatic heterocycles. The van der Waals surface area contributed by atoms with Crippen molar-refractivity contribution >= 4 is 29.3 Å². The summed E-state index contributed by atoms with van der Waals surface area (Å²) in [6, 6.07) is 10.4. The highest BCUT2D eigenvalue weighted by Gasteiger charge is 2.32. The summed E-state index contributed by atoms with van der Waals surface area (Å²) < 4.78 is 12.0. The zero-order chi connectivity index (χ0) is 25.1. The first-order valence-electron chi connectivity index (χ1n) is 11.5. The van der Waals surface area contributed by atoms with Gasteiger partial charge < -0.3 is 14.4 Å². The van der Waals surface area contributed by atoms with Crippen LogP contribution in [0, 0.1) is 6.92 Å². The molecular weight excluding hydrogens is 446 g/mol. The van der Waals surface area contributed by atoms with Gasteiger partial charge in [-0.2, -0.15) is 0 Å². The van der Waals surface area contributed by atoms with Crippen LogP contribution < -0.4 is 15.2 Å². The van der Waals surface area contributed by atoms with E-state index in [1.807, 2.05) is 19.9 Å². The summed E-state index contributed by atoms with van der Waals surface area (Å²) in [7, 11) is 1.53. The van der Waals surface area contributed by atoms with Crippen molar-refractivity contribution in [2.45, 2.75) is 27.2 Å². The van der Waals surface area contributed by atoms with Gasteiger partial charge in [-0.1, -0.05) is 25.1 Å². The lowest BCUT2D eigenvalue weighted by Crippen LogP contribution is -2.35. The number of anilines is 1. The van der Waals surface area contributed by atoms with Crippen LogP contribution in [0.4, 0.5) is 5.82 Å². The Morgan fingerprint density at radius 3 is 2.66 bits per heavy atom. The Morgan fingerprint density at radius 2 is 1.94 bits per heavy atom. The summed E-state index contributed by atoms with van der Waals surface area (Å²) in [4.78, 5) is 46.2. The van der Waals surface area contributed by atoms with Gasteiger partial charge >= 0.3 is 5.97 Å². The molecule has 0 atom stereocenters. The van der Waals surface area contributed by atoms with Gasteiger partial charge in [-0.05, 0) is 50.1 Å². The van der Waals surface area contributed by atoms with Gasteiger partial charge in [0, 0.05) is 24.4 Å². The van der Waals surface area contributed by atoms with Crippen LogP contribution in [0.25, 0.3) is 11.7 Å². The van der Waals surface area contributed by atoms with Gasteiger partial charge in [0.05, 0.1) is 30.6 Å². The van der Waals surface area contributed by atoms with E-state index in [2.05, 4.69) is 0 Å². The fraction of sp³-hybridized carbons (Fsp3) is 0.259. The third kappa shape index (κ3) is 4.47. The molecule has 180 valence electrons. The summed E-state index contributed by atoms with van der Waals surface area (Å²) in [6.45, 7) is 6.15. The Bertz CT molecular complexity index is 1430. The zero-order valence-corrected chi connectivity index (χ0v) is 20.2. The van der Waals surface area contributed by atoms with E-state index >= 15 is 0 Å². The van der Waals surface area contributed by atoms with E-state index in [9.17, 15) is 14.4 Å². The Labute approximate surface area is 203 Å². The first-order valence-corrected chi connectivity index (χ1v) is 11.5. The minimum absolute atomic E-state index is 0.135. The van der Waals surface area contributed by atoms with Gasteiger partial charge in [-0.3, -0.25) is 14.0 Å². The van der Waals surface area contributed by atoms with Crippen LogP contribution >= 0.6 is 0 Å². The smallest absolute Gasteiger partial charge is 0.340 e. The van der Waals surface area contributed by atoms with E-state index in [1.54, 1.807) is 48.4 Å². The van der Waals surface area contributed by atoms with E-state index in [4.69, 9.17) is 14.5 Å². The second-order valence-corrected chi connectivity index (χ2v) is 8.09. The van der Waals surface area contributed by atoms with Crippen LogP contribution in [-0.2, 0) is 9.53 Å². The number of pyridine rings is 1. The molecule has 0 bridgehead atoms. The Morgan fingerprint density at radius 1 is 1.14 bits per heavy atom. The average Bonchev–Trinajstić information content (AvgIpc) is 2.86. The fourth-order valence-electron chi connectivity index (χ4n) is 4.07. The van der Waals surface area contributed by atoms with Gasteiger partial charge in [0.15, 0.2) is 5.78 Å². The predicted octanol–water partition coefficient (Wildman–Crippen LogP) is 3.95. The average molecular weight is 474 g/mol. The molecule has 3 heterocycles. The molecule has 1 aliphatic rings. The number of aromatic nitrogens is 2. The van der Waals surface area contributed by atoms with Crippen molar-refractivity contribution in [3.05, 3.63) is 87.0 Å². The van der Waals surface area contributed by atoms with Crippen molar-refractivity contribution in [1.29, 1.82) is 0 Å². The van der Waals surface area contributed by atoms with E-state index in [1.165, 1.54) is 23.7 Å². The summed E-state index contributed by atoms with van der Waals surface area (Å²) in [5.74, 6) is 0.0281. The second-order valence-electron chi connectivity index (χ2n) is 8.09. The maximum atomic E-state index is 13.4. The number of ether oxygens (including phenoxy) is 2. The number of esters is 1. The lowest BCUT2D eigenvalue weighted by atomic mass is 9.99. The van der Waals surface area contributed by atoms with Crippen molar-refractivity contribution in [3.8, 4) is 5.75 Å². The monoisotopic (exact) mass is 473 g/mol. The lowest BCUT2D eigenvalue weighted by molar-refractivity contribution is -0.138. The molecule has 0 saturated heterocycles. The van der Waals surface area contributed by atoms with Crippen LogP contribution in [0.2, 0.25) is 0 Å². The molecule has 0 fully saturated rings. The van der Waals surface area contributed by atoms with E-state index in [0.717, 1.165) is 5.56 Å².